The molecule has 0 aliphatic carbocycles. The molecule has 0 unspecified atom stereocenters. The third-order valence-electron chi connectivity index (χ3n) is 2.93. The third-order valence-corrected chi connectivity index (χ3v) is 2.93. The van der Waals surface area contributed by atoms with Crippen LogP contribution in [0.2, 0.25) is 0 Å². The molecule has 1 heterocycles. The Bertz CT molecular complexity index is 261. The lowest BCUT2D eigenvalue weighted by atomic mass is 10.1. The number of hydrogen-bond acceptors (Lipinski definition) is 2. The van der Waals surface area contributed by atoms with E-state index in [9.17, 15) is 0 Å². The molecular formula is C12H22N2. The molecule has 0 fully saturated rings. The van der Waals surface area contributed by atoms with Crippen LogP contribution in [0.4, 0.5) is 0 Å². The van der Waals surface area contributed by atoms with Crippen molar-refractivity contribution in [2.45, 2.75) is 34.1 Å². The summed E-state index contributed by atoms with van der Waals surface area (Å²) in [5.41, 5.74) is 3.99. The summed E-state index contributed by atoms with van der Waals surface area (Å²) in [6.07, 6.45) is 1.17. The van der Waals surface area contributed by atoms with Crippen molar-refractivity contribution in [3.05, 3.63) is 11.3 Å². The highest BCUT2D eigenvalue weighted by atomic mass is 15.1. The van der Waals surface area contributed by atoms with Gasteiger partial charge in [0.1, 0.15) is 0 Å². The van der Waals surface area contributed by atoms with E-state index in [1.54, 1.807) is 0 Å². The van der Waals surface area contributed by atoms with Gasteiger partial charge in [0.2, 0.25) is 0 Å². The molecule has 0 aromatic carbocycles. The van der Waals surface area contributed by atoms with Gasteiger partial charge in [0.25, 0.3) is 0 Å². The van der Waals surface area contributed by atoms with E-state index >= 15 is 0 Å². The molecule has 0 aromatic heterocycles. The fourth-order valence-corrected chi connectivity index (χ4v) is 1.45. The molecule has 1 rings (SSSR count). The van der Waals surface area contributed by atoms with Crippen LogP contribution in [0.15, 0.2) is 16.3 Å². The fraction of sp³-hybridized carbons (Fsp3) is 0.750. The molecule has 0 N–H and O–H groups in total. The van der Waals surface area contributed by atoms with Crippen molar-refractivity contribution in [3.8, 4) is 0 Å². The van der Waals surface area contributed by atoms with E-state index in [0.717, 1.165) is 6.54 Å². The Morgan fingerprint density at radius 1 is 1.43 bits per heavy atom. The summed E-state index contributed by atoms with van der Waals surface area (Å²) < 4.78 is 0. The highest BCUT2D eigenvalue weighted by Crippen LogP contribution is 2.18. The summed E-state index contributed by atoms with van der Waals surface area (Å²) >= 11 is 0. The normalized spacial score (nSPS) is 20.9. The number of rotatable bonds is 2. The van der Waals surface area contributed by atoms with E-state index in [1.807, 2.05) is 0 Å². The predicted molar refractivity (Wildman–Crippen MR) is 62.8 cm³/mol. The fourth-order valence-electron chi connectivity index (χ4n) is 1.45. The first-order chi connectivity index (χ1) is 6.50. The number of aliphatic imine (C=N–C) groups is 1. The Labute approximate surface area is 87.7 Å². The molecule has 80 valence electrons. The van der Waals surface area contributed by atoms with Crippen molar-refractivity contribution in [1.29, 1.82) is 0 Å². The SMILES string of the molecule is CC(=NC1=C(C)CCN(C)C1)C(C)C. The Kier molecular flexibility index (Phi) is 3.87. The first-order valence-corrected chi connectivity index (χ1v) is 5.43. The quantitative estimate of drug-likeness (QED) is 0.617. The molecule has 0 atom stereocenters. The number of likely N-dealkylation sites (N-methyl/N-ethyl adjacent to an activating group) is 1. The summed E-state index contributed by atoms with van der Waals surface area (Å²) in [6, 6.07) is 0. The van der Waals surface area contributed by atoms with E-state index < -0.39 is 0 Å². The molecule has 1 aliphatic rings. The second kappa shape index (κ2) is 4.74. The van der Waals surface area contributed by atoms with Gasteiger partial charge in [-0.3, -0.25) is 4.99 Å². The maximum Gasteiger partial charge on any atom is 0.0532 e. The van der Waals surface area contributed by atoms with E-state index in [4.69, 9.17) is 4.99 Å². The Hall–Kier alpha value is -0.630. The molecule has 2 heteroatoms. The summed E-state index contributed by atoms with van der Waals surface area (Å²) in [4.78, 5) is 7.05. The first-order valence-electron chi connectivity index (χ1n) is 5.43. The molecule has 0 saturated carbocycles. The van der Waals surface area contributed by atoms with Gasteiger partial charge in [0.05, 0.1) is 5.70 Å². The predicted octanol–water partition coefficient (Wildman–Crippen LogP) is 2.71. The molecule has 0 amide bonds. The molecule has 0 aromatic rings. The zero-order valence-electron chi connectivity index (χ0n) is 10.1. The lowest BCUT2D eigenvalue weighted by Gasteiger charge is -2.24. The third kappa shape index (κ3) is 2.95. The molecule has 0 saturated heterocycles. The summed E-state index contributed by atoms with van der Waals surface area (Å²) in [6.45, 7) is 10.9. The van der Waals surface area contributed by atoms with Crippen LogP contribution in [-0.2, 0) is 0 Å². The lowest BCUT2D eigenvalue weighted by molar-refractivity contribution is 0.346. The Morgan fingerprint density at radius 3 is 2.64 bits per heavy atom. The highest BCUT2D eigenvalue weighted by Gasteiger charge is 2.13. The minimum absolute atomic E-state index is 0.558. The second-order valence-corrected chi connectivity index (χ2v) is 4.62. The van der Waals surface area contributed by atoms with Crippen LogP contribution in [0.3, 0.4) is 0 Å². The van der Waals surface area contributed by atoms with E-state index in [2.05, 4.69) is 39.6 Å². The molecule has 0 radical (unpaired) electrons. The Morgan fingerprint density at radius 2 is 2.07 bits per heavy atom. The molecule has 2 nitrogen and oxygen atoms in total. The number of nitrogens with zero attached hydrogens (tertiary/aromatic N) is 2. The maximum absolute atomic E-state index is 4.72. The average Bonchev–Trinajstić information content (AvgIpc) is 2.11. The molecule has 0 bridgehead atoms. The zero-order chi connectivity index (χ0) is 10.7. The van der Waals surface area contributed by atoms with Gasteiger partial charge in [-0.1, -0.05) is 13.8 Å². The van der Waals surface area contributed by atoms with Crippen LogP contribution in [0.1, 0.15) is 34.1 Å². The minimum Gasteiger partial charge on any atom is -0.300 e. The molecule has 1 aliphatic heterocycles. The van der Waals surface area contributed by atoms with Crippen LogP contribution in [0, 0.1) is 5.92 Å². The molecule has 0 spiro atoms. The van der Waals surface area contributed by atoms with Crippen LogP contribution in [0.5, 0.6) is 0 Å². The van der Waals surface area contributed by atoms with Crippen LogP contribution in [-0.4, -0.2) is 30.7 Å². The smallest absolute Gasteiger partial charge is 0.0532 e. The monoisotopic (exact) mass is 194 g/mol. The van der Waals surface area contributed by atoms with Crippen LogP contribution in [0.25, 0.3) is 0 Å². The maximum atomic E-state index is 4.72. The van der Waals surface area contributed by atoms with Gasteiger partial charge in [-0.15, -0.1) is 0 Å². The van der Waals surface area contributed by atoms with Gasteiger partial charge < -0.3 is 4.90 Å². The second-order valence-electron chi connectivity index (χ2n) is 4.62. The van der Waals surface area contributed by atoms with Crippen molar-refractivity contribution in [2.24, 2.45) is 10.9 Å². The summed E-state index contributed by atoms with van der Waals surface area (Å²) in [5.74, 6) is 0.558. The summed E-state index contributed by atoms with van der Waals surface area (Å²) in [7, 11) is 2.16. The number of hydrogen-bond donors (Lipinski definition) is 0. The van der Waals surface area contributed by atoms with Crippen molar-refractivity contribution >= 4 is 5.71 Å². The standard InChI is InChI=1S/C12H22N2/c1-9(2)11(4)13-12-8-14(5)7-6-10(12)3/h9H,6-8H2,1-5H3. The van der Waals surface area contributed by atoms with Gasteiger partial charge in [-0.25, -0.2) is 0 Å². The van der Waals surface area contributed by atoms with E-state index in [1.165, 1.54) is 29.9 Å². The van der Waals surface area contributed by atoms with Gasteiger partial charge in [0, 0.05) is 18.8 Å². The van der Waals surface area contributed by atoms with Gasteiger partial charge in [0.15, 0.2) is 0 Å². The van der Waals surface area contributed by atoms with Crippen LogP contribution >= 0.6 is 0 Å². The van der Waals surface area contributed by atoms with Gasteiger partial charge in [-0.2, -0.15) is 0 Å². The Balaban J connectivity index is 2.80. The highest BCUT2D eigenvalue weighted by molar-refractivity contribution is 5.84. The van der Waals surface area contributed by atoms with Gasteiger partial charge >= 0.3 is 0 Å². The zero-order valence-corrected chi connectivity index (χ0v) is 10.1. The van der Waals surface area contributed by atoms with Crippen molar-refractivity contribution in [2.75, 3.05) is 20.1 Å². The van der Waals surface area contributed by atoms with E-state index in [0.29, 0.717) is 5.92 Å². The largest absolute Gasteiger partial charge is 0.300 e. The molecule has 14 heavy (non-hydrogen) atoms. The van der Waals surface area contributed by atoms with E-state index in [-0.39, 0.29) is 0 Å². The van der Waals surface area contributed by atoms with Crippen molar-refractivity contribution in [1.82, 2.24) is 4.90 Å². The van der Waals surface area contributed by atoms with Crippen molar-refractivity contribution < 1.29 is 0 Å². The first kappa shape index (κ1) is 11.4. The summed E-state index contributed by atoms with van der Waals surface area (Å²) in [5, 5.41) is 0. The molecular weight excluding hydrogens is 172 g/mol. The minimum atomic E-state index is 0.558. The van der Waals surface area contributed by atoms with Crippen LogP contribution < -0.4 is 0 Å². The lowest BCUT2D eigenvalue weighted by Crippen LogP contribution is -2.27. The topological polar surface area (TPSA) is 15.6 Å². The van der Waals surface area contributed by atoms with Crippen molar-refractivity contribution in [3.63, 3.8) is 0 Å². The van der Waals surface area contributed by atoms with Gasteiger partial charge in [-0.05, 0) is 38.8 Å². The average molecular weight is 194 g/mol.